The summed E-state index contributed by atoms with van der Waals surface area (Å²) in [6.45, 7) is 6.22. The van der Waals surface area contributed by atoms with Gasteiger partial charge < -0.3 is 0 Å². The van der Waals surface area contributed by atoms with Crippen molar-refractivity contribution < 1.29 is 13.2 Å². The molecule has 14 heavy (non-hydrogen) atoms. The zero-order valence-corrected chi connectivity index (χ0v) is 11.0. The molecule has 0 aromatic rings. The van der Waals surface area contributed by atoms with Gasteiger partial charge in [0.2, 0.25) is 0 Å². The third-order valence-corrected chi connectivity index (χ3v) is 4.46. The lowest BCUT2D eigenvalue weighted by Gasteiger charge is -2.25. The highest BCUT2D eigenvalue weighted by atomic mass is 79.9. The van der Waals surface area contributed by atoms with E-state index < -0.39 is 5.51 Å². The fourth-order valence-electron chi connectivity index (χ4n) is 0.883. The summed E-state index contributed by atoms with van der Waals surface area (Å²) >= 11 is 3.55. The maximum absolute atomic E-state index is 11.8. The number of thioether (sulfide) groups is 1. The fourth-order valence-corrected chi connectivity index (χ4v) is 1.75. The van der Waals surface area contributed by atoms with Gasteiger partial charge in [-0.2, -0.15) is 13.2 Å². The Morgan fingerprint density at radius 2 is 1.71 bits per heavy atom. The standard InChI is InChI=1S/C9H16BrF3S/c1-8(2,3)7(10)5-4-6-14-9(11,12)13/h7H,4-6H2,1-3H3. The van der Waals surface area contributed by atoms with Gasteiger partial charge in [0.05, 0.1) is 0 Å². The van der Waals surface area contributed by atoms with Crippen molar-refractivity contribution in [2.75, 3.05) is 5.75 Å². The summed E-state index contributed by atoms with van der Waals surface area (Å²) in [5.41, 5.74) is -3.97. The lowest BCUT2D eigenvalue weighted by Crippen LogP contribution is -2.20. The van der Waals surface area contributed by atoms with Gasteiger partial charge in [-0.25, -0.2) is 0 Å². The van der Waals surface area contributed by atoms with E-state index in [-0.39, 0.29) is 27.8 Å². The molecule has 0 heterocycles. The van der Waals surface area contributed by atoms with E-state index in [1.807, 2.05) is 0 Å². The third kappa shape index (κ3) is 7.97. The minimum Gasteiger partial charge on any atom is -0.160 e. The first kappa shape index (κ1) is 14.6. The van der Waals surface area contributed by atoms with Crippen LogP contribution < -0.4 is 0 Å². The molecule has 0 aromatic heterocycles. The van der Waals surface area contributed by atoms with Crippen molar-refractivity contribution in [3.63, 3.8) is 0 Å². The molecule has 0 nitrogen and oxygen atoms in total. The average Bonchev–Trinajstić information content (AvgIpc) is 1.93. The van der Waals surface area contributed by atoms with E-state index in [9.17, 15) is 13.2 Å². The minimum absolute atomic E-state index is 0.0654. The molecule has 0 saturated carbocycles. The Morgan fingerprint density at radius 1 is 1.21 bits per heavy atom. The predicted octanol–water partition coefficient (Wildman–Crippen LogP) is 4.83. The van der Waals surface area contributed by atoms with Gasteiger partial charge in [0.15, 0.2) is 0 Å². The molecule has 0 rings (SSSR count). The van der Waals surface area contributed by atoms with Crippen molar-refractivity contribution in [3.8, 4) is 0 Å². The number of alkyl halides is 4. The van der Waals surface area contributed by atoms with Crippen LogP contribution in [-0.2, 0) is 0 Å². The van der Waals surface area contributed by atoms with Gasteiger partial charge >= 0.3 is 5.51 Å². The number of hydrogen-bond acceptors (Lipinski definition) is 1. The molecular weight excluding hydrogens is 277 g/mol. The van der Waals surface area contributed by atoms with Gasteiger partial charge in [0.25, 0.3) is 0 Å². The van der Waals surface area contributed by atoms with Gasteiger partial charge in [-0.3, -0.25) is 0 Å². The fraction of sp³-hybridized carbons (Fsp3) is 1.00. The van der Waals surface area contributed by atoms with Crippen LogP contribution in [0.25, 0.3) is 0 Å². The van der Waals surface area contributed by atoms with Crippen molar-refractivity contribution in [3.05, 3.63) is 0 Å². The first-order valence-electron chi connectivity index (χ1n) is 4.47. The molecule has 0 aliphatic heterocycles. The molecule has 0 spiro atoms. The number of hydrogen-bond donors (Lipinski definition) is 0. The molecule has 0 amide bonds. The molecule has 0 saturated heterocycles. The van der Waals surface area contributed by atoms with Crippen LogP contribution in [0.4, 0.5) is 13.2 Å². The van der Waals surface area contributed by atoms with E-state index >= 15 is 0 Å². The first-order valence-corrected chi connectivity index (χ1v) is 6.38. The molecule has 1 atom stereocenters. The Labute approximate surface area is 96.1 Å². The molecular formula is C9H16BrF3S. The van der Waals surface area contributed by atoms with Crippen molar-refractivity contribution in [1.82, 2.24) is 0 Å². The van der Waals surface area contributed by atoms with Crippen molar-refractivity contribution in [2.24, 2.45) is 5.41 Å². The van der Waals surface area contributed by atoms with Gasteiger partial charge in [-0.05, 0) is 18.3 Å². The summed E-state index contributed by atoms with van der Waals surface area (Å²) in [4.78, 5) is 0.281. The summed E-state index contributed by atoms with van der Waals surface area (Å²) in [5, 5.41) is 0. The quantitative estimate of drug-likeness (QED) is 0.528. The van der Waals surface area contributed by atoms with E-state index in [0.29, 0.717) is 6.42 Å². The van der Waals surface area contributed by atoms with Gasteiger partial charge in [0.1, 0.15) is 0 Å². The summed E-state index contributed by atoms with van der Waals surface area (Å²) in [6.07, 6.45) is 1.38. The third-order valence-electron chi connectivity index (χ3n) is 1.81. The summed E-state index contributed by atoms with van der Waals surface area (Å²) < 4.78 is 35.3. The monoisotopic (exact) mass is 292 g/mol. The summed E-state index contributed by atoms with van der Waals surface area (Å²) in [6, 6.07) is 0. The van der Waals surface area contributed by atoms with E-state index in [1.54, 1.807) is 0 Å². The van der Waals surface area contributed by atoms with Crippen LogP contribution in [0, 0.1) is 5.41 Å². The Hall–Kier alpha value is 0.620. The zero-order chi connectivity index (χ0) is 11.4. The van der Waals surface area contributed by atoms with E-state index in [1.165, 1.54) is 0 Å². The first-order chi connectivity index (χ1) is 6.13. The smallest absolute Gasteiger partial charge is 0.160 e. The Morgan fingerprint density at radius 3 is 2.07 bits per heavy atom. The molecule has 0 aliphatic rings. The normalized spacial score (nSPS) is 15.6. The lowest BCUT2D eigenvalue weighted by molar-refractivity contribution is -0.0328. The van der Waals surface area contributed by atoms with E-state index in [2.05, 4.69) is 36.7 Å². The van der Waals surface area contributed by atoms with Gasteiger partial charge in [-0.1, -0.05) is 48.5 Å². The highest BCUT2D eigenvalue weighted by Gasteiger charge is 2.28. The number of rotatable bonds is 4. The highest BCUT2D eigenvalue weighted by Crippen LogP contribution is 2.33. The van der Waals surface area contributed by atoms with E-state index in [4.69, 9.17) is 0 Å². The maximum Gasteiger partial charge on any atom is 0.441 e. The predicted molar refractivity (Wildman–Crippen MR) is 59.9 cm³/mol. The highest BCUT2D eigenvalue weighted by molar-refractivity contribution is 9.09. The van der Waals surface area contributed by atoms with Crippen molar-refractivity contribution in [1.29, 1.82) is 0 Å². The van der Waals surface area contributed by atoms with Gasteiger partial charge in [0, 0.05) is 10.6 Å². The molecule has 0 aromatic carbocycles. The Balaban J connectivity index is 3.56. The second-order valence-corrected chi connectivity index (χ2v) is 6.54. The van der Waals surface area contributed by atoms with Crippen LogP contribution in [0.2, 0.25) is 0 Å². The second-order valence-electron chi connectivity index (χ2n) is 4.27. The molecule has 5 heteroatoms. The van der Waals surface area contributed by atoms with Crippen LogP contribution in [0.1, 0.15) is 33.6 Å². The minimum atomic E-state index is -4.08. The SMILES string of the molecule is CC(C)(C)C(Br)CCCSC(F)(F)F. The van der Waals surface area contributed by atoms with Crippen LogP contribution >= 0.6 is 27.7 Å². The Kier molecular flexibility index (Phi) is 5.88. The number of halogens is 4. The van der Waals surface area contributed by atoms with Gasteiger partial charge in [-0.15, -0.1) is 0 Å². The van der Waals surface area contributed by atoms with Crippen LogP contribution in [0.5, 0.6) is 0 Å². The zero-order valence-electron chi connectivity index (χ0n) is 8.62. The summed E-state index contributed by atoms with van der Waals surface area (Å²) in [7, 11) is 0. The summed E-state index contributed by atoms with van der Waals surface area (Å²) in [5.74, 6) is 0.154. The maximum atomic E-state index is 11.8. The molecule has 0 radical (unpaired) electrons. The second kappa shape index (κ2) is 5.64. The molecule has 0 bridgehead atoms. The van der Waals surface area contributed by atoms with Crippen LogP contribution in [-0.4, -0.2) is 16.1 Å². The van der Waals surface area contributed by atoms with Crippen molar-refractivity contribution >= 4 is 27.7 Å². The molecule has 0 aliphatic carbocycles. The molecule has 0 fully saturated rings. The Bertz CT molecular complexity index is 162. The lowest BCUT2D eigenvalue weighted by atomic mass is 9.90. The molecule has 0 N–H and O–H groups in total. The van der Waals surface area contributed by atoms with E-state index in [0.717, 1.165) is 6.42 Å². The van der Waals surface area contributed by atoms with Crippen molar-refractivity contribution in [2.45, 2.75) is 43.9 Å². The largest absolute Gasteiger partial charge is 0.441 e. The molecule has 86 valence electrons. The van der Waals surface area contributed by atoms with Crippen LogP contribution in [0.15, 0.2) is 0 Å². The molecule has 1 unspecified atom stereocenters. The topological polar surface area (TPSA) is 0 Å². The van der Waals surface area contributed by atoms with Crippen LogP contribution in [0.3, 0.4) is 0 Å². The average molecular weight is 293 g/mol.